The van der Waals surface area contributed by atoms with Gasteiger partial charge in [-0.1, -0.05) is 12.1 Å². The second kappa shape index (κ2) is 9.38. The highest BCUT2D eigenvalue weighted by Crippen LogP contribution is 2.24. The number of esters is 2. The normalized spacial score (nSPS) is 10.0. The minimum atomic E-state index is -0.672. The topological polar surface area (TPSA) is 90.9 Å². The predicted octanol–water partition coefficient (Wildman–Crippen LogP) is 2.98. The molecule has 2 rings (SSSR count). The highest BCUT2D eigenvalue weighted by atomic mass is 16.5. The second-order valence-electron chi connectivity index (χ2n) is 5.60. The molecule has 0 bridgehead atoms. The molecular weight excluding hydrogens is 350 g/mol. The molecule has 1 N–H and O–H groups in total. The van der Waals surface area contributed by atoms with E-state index in [0.29, 0.717) is 12.3 Å². The summed E-state index contributed by atoms with van der Waals surface area (Å²) in [6, 6.07) is 11.6. The minimum absolute atomic E-state index is 0.0477. The number of hydrogen-bond donors (Lipinski definition) is 1. The monoisotopic (exact) mass is 371 g/mol. The van der Waals surface area contributed by atoms with Gasteiger partial charge in [-0.2, -0.15) is 0 Å². The van der Waals surface area contributed by atoms with Crippen LogP contribution in [0.2, 0.25) is 0 Å². The van der Waals surface area contributed by atoms with Crippen molar-refractivity contribution < 1.29 is 28.6 Å². The summed E-state index contributed by atoms with van der Waals surface area (Å²) in [5.74, 6) is -0.680. The summed E-state index contributed by atoms with van der Waals surface area (Å²) in [6.07, 6.45) is 0.158. The van der Waals surface area contributed by atoms with Crippen LogP contribution in [-0.2, 0) is 20.7 Å². The largest absolute Gasteiger partial charge is 0.494 e. The van der Waals surface area contributed by atoms with Gasteiger partial charge in [0, 0.05) is 12.6 Å². The molecule has 0 aromatic heterocycles. The molecule has 0 saturated carbocycles. The number of ether oxygens (including phenoxy) is 3. The number of hydrogen-bond acceptors (Lipinski definition) is 6. The number of anilines is 1. The third kappa shape index (κ3) is 5.85. The first-order valence-corrected chi connectivity index (χ1v) is 8.35. The summed E-state index contributed by atoms with van der Waals surface area (Å²) >= 11 is 0. The van der Waals surface area contributed by atoms with Crippen molar-refractivity contribution in [2.45, 2.75) is 20.3 Å². The fraction of sp³-hybridized carbons (Fsp3) is 0.250. The lowest BCUT2D eigenvalue weighted by Gasteiger charge is -2.11. The predicted molar refractivity (Wildman–Crippen MR) is 99.0 cm³/mol. The number of carbonyl (C=O) groups excluding carboxylic acids is 3. The fourth-order valence-electron chi connectivity index (χ4n) is 2.38. The maximum Gasteiger partial charge on any atom is 0.341 e. The SMILES string of the molecule is CCOc1ccc(CC(=O)Nc2ccc(OC(C)=O)c(C(=O)OC)c2)cc1. The second-order valence-corrected chi connectivity index (χ2v) is 5.60. The molecule has 0 unspecified atom stereocenters. The highest BCUT2D eigenvalue weighted by Gasteiger charge is 2.16. The molecule has 0 fully saturated rings. The van der Waals surface area contributed by atoms with Crippen molar-refractivity contribution in [2.75, 3.05) is 19.0 Å². The molecule has 142 valence electrons. The molecule has 7 nitrogen and oxygen atoms in total. The summed E-state index contributed by atoms with van der Waals surface area (Å²) in [4.78, 5) is 35.3. The highest BCUT2D eigenvalue weighted by molar-refractivity contribution is 5.97. The number of carbonyl (C=O) groups is 3. The first-order valence-electron chi connectivity index (χ1n) is 8.35. The van der Waals surface area contributed by atoms with Crippen molar-refractivity contribution in [2.24, 2.45) is 0 Å². The summed E-state index contributed by atoms with van der Waals surface area (Å²) < 4.78 is 15.0. The van der Waals surface area contributed by atoms with Gasteiger partial charge in [-0.05, 0) is 42.8 Å². The van der Waals surface area contributed by atoms with Crippen LogP contribution in [0.5, 0.6) is 11.5 Å². The Bertz CT molecular complexity index is 829. The summed E-state index contributed by atoms with van der Waals surface area (Å²) in [6.45, 7) is 3.70. The van der Waals surface area contributed by atoms with Crippen molar-refractivity contribution in [3.63, 3.8) is 0 Å². The Hall–Kier alpha value is -3.35. The molecule has 0 aliphatic carbocycles. The van der Waals surface area contributed by atoms with Crippen LogP contribution in [0.3, 0.4) is 0 Å². The number of amides is 1. The summed E-state index contributed by atoms with van der Waals surface area (Å²) in [5.41, 5.74) is 1.26. The Morgan fingerprint density at radius 3 is 2.33 bits per heavy atom. The van der Waals surface area contributed by atoms with E-state index >= 15 is 0 Å². The van der Waals surface area contributed by atoms with Gasteiger partial charge in [0.05, 0.1) is 20.1 Å². The fourth-order valence-corrected chi connectivity index (χ4v) is 2.38. The molecule has 0 radical (unpaired) electrons. The molecule has 2 aromatic rings. The molecule has 0 spiro atoms. The van der Waals surface area contributed by atoms with E-state index in [2.05, 4.69) is 5.32 Å². The van der Waals surface area contributed by atoms with Gasteiger partial charge in [0.2, 0.25) is 5.91 Å². The zero-order chi connectivity index (χ0) is 19.8. The van der Waals surface area contributed by atoms with Crippen LogP contribution < -0.4 is 14.8 Å². The van der Waals surface area contributed by atoms with Gasteiger partial charge in [0.25, 0.3) is 0 Å². The van der Waals surface area contributed by atoms with Gasteiger partial charge in [-0.25, -0.2) is 4.79 Å². The lowest BCUT2D eigenvalue weighted by atomic mass is 10.1. The van der Waals surface area contributed by atoms with Gasteiger partial charge < -0.3 is 19.5 Å². The quantitative estimate of drug-likeness (QED) is 0.594. The van der Waals surface area contributed by atoms with Crippen molar-refractivity contribution in [1.82, 2.24) is 0 Å². The Morgan fingerprint density at radius 2 is 1.74 bits per heavy atom. The average molecular weight is 371 g/mol. The van der Waals surface area contributed by atoms with E-state index in [0.717, 1.165) is 11.3 Å². The zero-order valence-corrected chi connectivity index (χ0v) is 15.4. The van der Waals surface area contributed by atoms with Crippen LogP contribution in [-0.4, -0.2) is 31.6 Å². The molecule has 7 heteroatoms. The summed E-state index contributed by atoms with van der Waals surface area (Å²) in [5, 5.41) is 2.71. The lowest BCUT2D eigenvalue weighted by Crippen LogP contribution is -2.15. The van der Waals surface area contributed by atoms with E-state index in [9.17, 15) is 14.4 Å². The van der Waals surface area contributed by atoms with E-state index in [-0.39, 0.29) is 23.6 Å². The third-order valence-electron chi connectivity index (χ3n) is 3.52. The van der Waals surface area contributed by atoms with Gasteiger partial charge >= 0.3 is 11.9 Å². The van der Waals surface area contributed by atoms with Crippen molar-refractivity contribution in [3.05, 3.63) is 53.6 Å². The molecule has 27 heavy (non-hydrogen) atoms. The number of methoxy groups -OCH3 is 1. The molecule has 0 heterocycles. The first-order chi connectivity index (χ1) is 12.9. The van der Waals surface area contributed by atoms with Crippen LogP contribution in [0, 0.1) is 0 Å². The number of benzene rings is 2. The van der Waals surface area contributed by atoms with E-state index in [1.54, 1.807) is 18.2 Å². The maximum atomic E-state index is 12.3. The average Bonchev–Trinajstić information content (AvgIpc) is 2.63. The lowest BCUT2D eigenvalue weighted by molar-refractivity contribution is -0.131. The van der Waals surface area contributed by atoms with Crippen LogP contribution >= 0.6 is 0 Å². The maximum absolute atomic E-state index is 12.3. The van der Waals surface area contributed by atoms with E-state index in [4.69, 9.17) is 14.2 Å². The molecule has 0 saturated heterocycles. The zero-order valence-electron chi connectivity index (χ0n) is 15.4. The van der Waals surface area contributed by atoms with Crippen LogP contribution in [0.25, 0.3) is 0 Å². The van der Waals surface area contributed by atoms with Crippen molar-refractivity contribution >= 4 is 23.5 Å². The molecule has 0 atom stereocenters. The van der Waals surface area contributed by atoms with Crippen LogP contribution in [0.1, 0.15) is 29.8 Å². The van der Waals surface area contributed by atoms with Crippen LogP contribution in [0.15, 0.2) is 42.5 Å². The molecule has 0 aliphatic rings. The third-order valence-corrected chi connectivity index (χ3v) is 3.52. The van der Waals surface area contributed by atoms with Gasteiger partial charge in [-0.15, -0.1) is 0 Å². The Kier molecular flexibility index (Phi) is 6.93. The smallest absolute Gasteiger partial charge is 0.341 e. The van der Waals surface area contributed by atoms with Crippen molar-refractivity contribution in [3.8, 4) is 11.5 Å². The molecule has 0 aliphatic heterocycles. The number of nitrogens with one attached hydrogen (secondary N) is 1. The van der Waals surface area contributed by atoms with Crippen LogP contribution in [0.4, 0.5) is 5.69 Å². The minimum Gasteiger partial charge on any atom is -0.494 e. The van der Waals surface area contributed by atoms with Crippen molar-refractivity contribution in [1.29, 1.82) is 0 Å². The van der Waals surface area contributed by atoms with Gasteiger partial charge in [0.1, 0.15) is 17.1 Å². The molecular formula is C20H21NO6. The van der Waals surface area contributed by atoms with Gasteiger partial charge in [-0.3, -0.25) is 9.59 Å². The molecule has 2 aromatic carbocycles. The first kappa shape index (κ1) is 20.0. The van der Waals surface area contributed by atoms with E-state index < -0.39 is 11.9 Å². The Labute approximate surface area is 157 Å². The molecule has 1 amide bonds. The van der Waals surface area contributed by atoms with Gasteiger partial charge in [0.15, 0.2) is 0 Å². The summed E-state index contributed by atoms with van der Waals surface area (Å²) in [7, 11) is 1.22. The Morgan fingerprint density at radius 1 is 1.04 bits per heavy atom. The van der Waals surface area contributed by atoms with E-state index in [1.807, 2.05) is 19.1 Å². The Balaban J connectivity index is 2.10. The van der Waals surface area contributed by atoms with E-state index in [1.165, 1.54) is 26.2 Å². The number of rotatable bonds is 7. The standard InChI is InChI=1S/C20H21NO6/c1-4-26-16-8-5-14(6-9-16)11-19(23)21-15-7-10-18(27-13(2)22)17(12-15)20(24)25-3/h5-10,12H,4,11H2,1-3H3,(H,21,23).